The van der Waals surface area contributed by atoms with E-state index in [0.29, 0.717) is 11.8 Å². The van der Waals surface area contributed by atoms with Crippen molar-refractivity contribution in [1.29, 1.82) is 0 Å². The molecule has 2 rings (SSSR count). The third-order valence-corrected chi connectivity index (χ3v) is 3.42. The van der Waals surface area contributed by atoms with Gasteiger partial charge in [-0.05, 0) is 43.5 Å². The van der Waals surface area contributed by atoms with Crippen LogP contribution < -0.4 is 10.1 Å². The van der Waals surface area contributed by atoms with Crippen molar-refractivity contribution in [2.24, 2.45) is 0 Å². The molecule has 0 saturated heterocycles. The van der Waals surface area contributed by atoms with Crippen LogP contribution in [0.15, 0.2) is 18.2 Å². The van der Waals surface area contributed by atoms with Crippen molar-refractivity contribution in [1.82, 2.24) is 5.32 Å². The normalized spacial score (nSPS) is 16.4. The summed E-state index contributed by atoms with van der Waals surface area (Å²) in [4.78, 5) is 0. The zero-order valence-corrected chi connectivity index (χ0v) is 10.3. The summed E-state index contributed by atoms with van der Waals surface area (Å²) < 4.78 is 18.3. The van der Waals surface area contributed by atoms with E-state index < -0.39 is 0 Å². The van der Waals surface area contributed by atoms with Gasteiger partial charge in [-0.1, -0.05) is 18.9 Å². The van der Waals surface area contributed by atoms with Gasteiger partial charge < -0.3 is 10.1 Å². The van der Waals surface area contributed by atoms with Crippen LogP contribution in [-0.2, 0) is 6.42 Å². The summed E-state index contributed by atoms with van der Waals surface area (Å²) in [5, 5.41) is 3.52. The van der Waals surface area contributed by atoms with Crippen LogP contribution in [0.2, 0.25) is 0 Å². The number of halogens is 1. The molecule has 17 heavy (non-hydrogen) atoms. The highest BCUT2D eigenvalue weighted by Gasteiger charge is 2.13. The molecule has 1 aromatic rings. The second kappa shape index (κ2) is 6.01. The first-order chi connectivity index (χ1) is 8.29. The second-order valence-electron chi connectivity index (χ2n) is 4.65. The summed E-state index contributed by atoms with van der Waals surface area (Å²) in [7, 11) is 1.49. The van der Waals surface area contributed by atoms with Crippen LogP contribution in [0.25, 0.3) is 0 Å². The Labute approximate surface area is 102 Å². The van der Waals surface area contributed by atoms with Gasteiger partial charge in [0.1, 0.15) is 0 Å². The van der Waals surface area contributed by atoms with Crippen LogP contribution >= 0.6 is 0 Å². The van der Waals surface area contributed by atoms with Crippen LogP contribution in [0.1, 0.15) is 31.2 Å². The second-order valence-corrected chi connectivity index (χ2v) is 4.65. The van der Waals surface area contributed by atoms with Crippen LogP contribution in [0.5, 0.6) is 5.75 Å². The largest absolute Gasteiger partial charge is 0.494 e. The molecule has 0 aliphatic heterocycles. The Morgan fingerprint density at radius 1 is 1.35 bits per heavy atom. The lowest BCUT2D eigenvalue weighted by molar-refractivity contribution is 0.386. The fourth-order valence-electron chi connectivity index (χ4n) is 2.42. The predicted molar refractivity (Wildman–Crippen MR) is 66.9 cm³/mol. The van der Waals surface area contributed by atoms with Crippen molar-refractivity contribution in [3.8, 4) is 5.75 Å². The first-order valence-corrected chi connectivity index (χ1v) is 6.35. The van der Waals surface area contributed by atoms with Gasteiger partial charge in [0.05, 0.1) is 7.11 Å². The first kappa shape index (κ1) is 12.4. The van der Waals surface area contributed by atoms with E-state index in [1.54, 1.807) is 12.1 Å². The highest BCUT2D eigenvalue weighted by molar-refractivity contribution is 5.29. The van der Waals surface area contributed by atoms with Crippen molar-refractivity contribution >= 4 is 0 Å². The highest BCUT2D eigenvalue weighted by atomic mass is 19.1. The fourth-order valence-corrected chi connectivity index (χ4v) is 2.42. The molecular weight excluding hydrogens is 217 g/mol. The maximum absolute atomic E-state index is 13.4. The summed E-state index contributed by atoms with van der Waals surface area (Å²) in [5.74, 6) is 0.0448. The molecular formula is C14H20FNO. The van der Waals surface area contributed by atoms with E-state index in [4.69, 9.17) is 4.74 Å². The summed E-state index contributed by atoms with van der Waals surface area (Å²) >= 11 is 0. The molecule has 0 radical (unpaired) electrons. The number of rotatable bonds is 5. The third kappa shape index (κ3) is 3.43. The maximum atomic E-state index is 13.4. The fraction of sp³-hybridized carbons (Fsp3) is 0.571. The van der Waals surface area contributed by atoms with Gasteiger partial charge in [-0.2, -0.15) is 0 Å². The third-order valence-electron chi connectivity index (χ3n) is 3.42. The van der Waals surface area contributed by atoms with Gasteiger partial charge in [0, 0.05) is 6.04 Å². The molecule has 1 aliphatic carbocycles. The Kier molecular flexibility index (Phi) is 4.37. The van der Waals surface area contributed by atoms with E-state index in [2.05, 4.69) is 5.32 Å². The lowest BCUT2D eigenvalue weighted by Crippen LogP contribution is -2.27. The van der Waals surface area contributed by atoms with Crippen molar-refractivity contribution in [2.45, 2.75) is 38.1 Å². The standard InChI is InChI=1S/C14H20FNO/c1-17-14-7-6-11(10-13(14)15)8-9-16-12-4-2-3-5-12/h6-7,10,12,16H,2-5,8-9H2,1H3. The minimum Gasteiger partial charge on any atom is -0.494 e. The maximum Gasteiger partial charge on any atom is 0.165 e. The number of benzene rings is 1. The molecule has 0 atom stereocenters. The molecule has 0 aromatic heterocycles. The predicted octanol–water partition coefficient (Wildman–Crippen LogP) is 2.91. The number of nitrogens with one attached hydrogen (secondary N) is 1. The Morgan fingerprint density at radius 3 is 2.76 bits per heavy atom. The molecule has 3 heteroatoms. The zero-order valence-electron chi connectivity index (χ0n) is 10.3. The lowest BCUT2D eigenvalue weighted by Gasteiger charge is -2.11. The quantitative estimate of drug-likeness (QED) is 0.850. The molecule has 94 valence electrons. The van der Waals surface area contributed by atoms with E-state index in [1.165, 1.54) is 32.8 Å². The molecule has 1 aliphatic rings. The number of hydrogen-bond acceptors (Lipinski definition) is 2. The molecule has 0 unspecified atom stereocenters. The van der Waals surface area contributed by atoms with Gasteiger partial charge in [-0.25, -0.2) is 4.39 Å². The van der Waals surface area contributed by atoms with Gasteiger partial charge in [0.15, 0.2) is 11.6 Å². The highest BCUT2D eigenvalue weighted by Crippen LogP contribution is 2.19. The summed E-state index contributed by atoms with van der Waals surface area (Å²) in [6, 6.07) is 5.87. The summed E-state index contributed by atoms with van der Waals surface area (Å²) in [5.41, 5.74) is 1.02. The van der Waals surface area contributed by atoms with Crippen LogP contribution in [-0.4, -0.2) is 19.7 Å². The van der Waals surface area contributed by atoms with Crippen LogP contribution in [0.3, 0.4) is 0 Å². The summed E-state index contributed by atoms with van der Waals surface area (Å²) in [6.07, 6.45) is 6.13. The average Bonchev–Trinajstić information content (AvgIpc) is 2.82. The molecule has 0 bridgehead atoms. The van der Waals surface area contributed by atoms with E-state index in [0.717, 1.165) is 18.5 Å². The van der Waals surface area contributed by atoms with E-state index in [9.17, 15) is 4.39 Å². The Balaban J connectivity index is 1.80. The SMILES string of the molecule is COc1ccc(CCNC2CCCC2)cc1F. The molecule has 0 amide bonds. The molecule has 1 aromatic carbocycles. The van der Waals surface area contributed by atoms with Crippen molar-refractivity contribution in [3.05, 3.63) is 29.6 Å². The Hall–Kier alpha value is -1.09. The Morgan fingerprint density at radius 2 is 2.12 bits per heavy atom. The van der Waals surface area contributed by atoms with Gasteiger partial charge in [0.25, 0.3) is 0 Å². The smallest absolute Gasteiger partial charge is 0.165 e. The topological polar surface area (TPSA) is 21.3 Å². The minimum absolute atomic E-state index is 0.272. The lowest BCUT2D eigenvalue weighted by atomic mass is 10.1. The molecule has 0 heterocycles. The van der Waals surface area contributed by atoms with E-state index in [-0.39, 0.29) is 5.82 Å². The number of ether oxygens (including phenoxy) is 1. The van der Waals surface area contributed by atoms with E-state index in [1.807, 2.05) is 6.07 Å². The molecule has 1 N–H and O–H groups in total. The van der Waals surface area contributed by atoms with Gasteiger partial charge >= 0.3 is 0 Å². The van der Waals surface area contributed by atoms with Crippen LogP contribution in [0, 0.1) is 5.82 Å². The molecule has 1 saturated carbocycles. The van der Waals surface area contributed by atoms with Gasteiger partial charge in [-0.3, -0.25) is 0 Å². The van der Waals surface area contributed by atoms with Crippen molar-refractivity contribution in [3.63, 3.8) is 0 Å². The summed E-state index contributed by atoms with van der Waals surface area (Å²) in [6.45, 7) is 0.927. The number of hydrogen-bond donors (Lipinski definition) is 1. The monoisotopic (exact) mass is 237 g/mol. The first-order valence-electron chi connectivity index (χ1n) is 6.35. The molecule has 2 nitrogen and oxygen atoms in total. The van der Waals surface area contributed by atoms with Crippen LogP contribution in [0.4, 0.5) is 4.39 Å². The molecule has 0 spiro atoms. The van der Waals surface area contributed by atoms with Crippen molar-refractivity contribution in [2.75, 3.05) is 13.7 Å². The number of methoxy groups -OCH3 is 1. The molecule has 1 fully saturated rings. The zero-order chi connectivity index (χ0) is 12.1. The van der Waals surface area contributed by atoms with Gasteiger partial charge in [0.2, 0.25) is 0 Å². The van der Waals surface area contributed by atoms with Gasteiger partial charge in [-0.15, -0.1) is 0 Å². The Bertz CT molecular complexity index is 361. The van der Waals surface area contributed by atoms with Crippen molar-refractivity contribution < 1.29 is 9.13 Å². The van der Waals surface area contributed by atoms with E-state index >= 15 is 0 Å². The minimum atomic E-state index is -0.272. The average molecular weight is 237 g/mol.